The lowest BCUT2D eigenvalue weighted by Gasteiger charge is -2.26. The normalized spacial score (nSPS) is 22.6. The molecule has 1 aliphatic carbocycles. The van der Waals surface area contributed by atoms with Crippen LogP contribution >= 0.6 is 0 Å². The number of carboxylic acid groups (broad SMARTS) is 1. The van der Waals surface area contributed by atoms with Crippen molar-refractivity contribution in [1.29, 1.82) is 0 Å². The van der Waals surface area contributed by atoms with Crippen molar-refractivity contribution < 1.29 is 19.5 Å². The van der Waals surface area contributed by atoms with Gasteiger partial charge in [-0.05, 0) is 38.0 Å². The summed E-state index contributed by atoms with van der Waals surface area (Å²) in [6.45, 7) is 2.20. The van der Waals surface area contributed by atoms with Gasteiger partial charge in [-0.1, -0.05) is 6.92 Å². The molecule has 3 N–H and O–H groups in total. The van der Waals surface area contributed by atoms with E-state index < -0.39 is 17.9 Å². The molecule has 0 aromatic heterocycles. The highest BCUT2D eigenvalue weighted by atomic mass is 16.4. The minimum Gasteiger partial charge on any atom is -0.481 e. The van der Waals surface area contributed by atoms with E-state index in [1.165, 1.54) is 0 Å². The lowest BCUT2D eigenvalue weighted by Crippen LogP contribution is -2.45. The second-order valence-electron chi connectivity index (χ2n) is 5.23. The summed E-state index contributed by atoms with van der Waals surface area (Å²) in [5, 5.41) is 13.4. The fraction of sp³-hybridized carbons (Fsp3) is 0.769. The van der Waals surface area contributed by atoms with E-state index in [-0.39, 0.29) is 25.3 Å². The van der Waals surface area contributed by atoms with Gasteiger partial charge in [-0.15, -0.1) is 0 Å². The minimum absolute atomic E-state index is 0.0570. The molecule has 0 spiro atoms. The lowest BCUT2D eigenvalue weighted by molar-refractivity contribution is -0.137. The first kappa shape index (κ1) is 15.5. The first-order chi connectivity index (χ1) is 8.97. The zero-order valence-corrected chi connectivity index (χ0v) is 11.3. The van der Waals surface area contributed by atoms with Crippen LogP contribution in [-0.4, -0.2) is 29.1 Å². The summed E-state index contributed by atoms with van der Waals surface area (Å²) in [7, 11) is 0. The quantitative estimate of drug-likeness (QED) is 0.707. The van der Waals surface area contributed by atoms with Crippen LogP contribution in [0.3, 0.4) is 0 Å². The standard InChI is InChI=1S/C13H22N2O4/c1-9-5-7-10(8-6-9)14-13(19)15-11(16)3-2-4-12(17)18/h9-10H,2-8H2,1H3,(H,17,18)(H2,14,15,16,19). The summed E-state index contributed by atoms with van der Waals surface area (Å²) >= 11 is 0. The van der Waals surface area contributed by atoms with E-state index in [1.807, 2.05) is 0 Å². The van der Waals surface area contributed by atoms with E-state index in [2.05, 4.69) is 17.6 Å². The largest absolute Gasteiger partial charge is 0.481 e. The molecule has 1 saturated carbocycles. The van der Waals surface area contributed by atoms with Crippen LogP contribution in [0.15, 0.2) is 0 Å². The van der Waals surface area contributed by atoms with E-state index in [9.17, 15) is 14.4 Å². The third kappa shape index (κ3) is 6.79. The molecule has 0 heterocycles. The van der Waals surface area contributed by atoms with Crippen molar-refractivity contribution >= 4 is 17.9 Å². The molecule has 6 nitrogen and oxygen atoms in total. The fourth-order valence-electron chi connectivity index (χ4n) is 2.22. The Balaban J connectivity index is 2.16. The number of carbonyl (C=O) groups excluding carboxylic acids is 2. The summed E-state index contributed by atoms with van der Waals surface area (Å²) in [5.74, 6) is -0.657. The van der Waals surface area contributed by atoms with Crippen LogP contribution < -0.4 is 10.6 Å². The van der Waals surface area contributed by atoms with Crippen molar-refractivity contribution in [1.82, 2.24) is 10.6 Å². The molecule has 0 saturated heterocycles. The summed E-state index contributed by atoms with van der Waals surface area (Å²) in [4.78, 5) is 33.2. The predicted octanol–water partition coefficient (Wildman–Crippen LogP) is 1.65. The smallest absolute Gasteiger partial charge is 0.321 e. The van der Waals surface area contributed by atoms with Gasteiger partial charge in [-0.3, -0.25) is 14.9 Å². The van der Waals surface area contributed by atoms with Crippen molar-refractivity contribution in [3.63, 3.8) is 0 Å². The van der Waals surface area contributed by atoms with Crippen LogP contribution in [0.4, 0.5) is 4.79 Å². The average Bonchev–Trinajstić information content (AvgIpc) is 2.31. The maximum absolute atomic E-state index is 11.5. The van der Waals surface area contributed by atoms with E-state index in [0.717, 1.165) is 25.7 Å². The molecule has 0 bridgehead atoms. The van der Waals surface area contributed by atoms with Gasteiger partial charge in [0.05, 0.1) is 0 Å². The number of nitrogens with one attached hydrogen (secondary N) is 2. The van der Waals surface area contributed by atoms with Gasteiger partial charge in [-0.25, -0.2) is 4.79 Å². The molecule has 0 unspecified atom stereocenters. The Morgan fingerprint density at radius 2 is 1.74 bits per heavy atom. The Morgan fingerprint density at radius 1 is 1.11 bits per heavy atom. The number of urea groups is 1. The van der Waals surface area contributed by atoms with Crippen LogP contribution in [-0.2, 0) is 9.59 Å². The summed E-state index contributed by atoms with van der Waals surface area (Å²) in [5.41, 5.74) is 0. The molecule has 1 aliphatic rings. The van der Waals surface area contributed by atoms with Crippen molar-refractivity contribution in [3.05, 3.63) is 0 Å². The molecule has 1 rings (SSSR count). The Labute approximate surface area is 112 Å². The number of carboxylic acids is 1. The van der Waals surface area contributed by atoms with Gasteiger partial charge >= 0.3 is 12.0 Å². The highest BCUT2D eigenvalue weighted by Gasteiger charge is 2.20. The monoisotopic (exact) mass is 270 g/mol. The lowest BCUT2D eigenvalue weighted by atomic mass is 9.87. The Hall–Kier alpha value is -1.59. The minimum atomic E-state index is -0.937. The van der Waals surface area contributed by atoms with Crippen molar-refractivity contribution in [2.24, 2.45) is 5.92 Å². The van der Waals surface area contributed by atoms with Crippen LogP contribution in [0.2, 0.25) is 0 Å². The van der Waals surface area contributed by atoms with Gasteiger partial charge < -0.3 is 10.4 Å². The number of hydrogen-bond donors (Lipinski definition) is 3. The van der Waals surface area contributed by atoms with Gasteiger partial charge in [0.1, 0.15) is 0 Å². The zero-order valence-electron chi connectivity index (χ0n) is 11.3. The van der Waals surface area contributed by atoms with Crippen molar-refractivity contribution in [2.45, 2.75) is 57.9 Å². The number of aliphatic carboxylic acids is 1. The maximum Gasteiger partial charge on any atom is 0.321 e. The second kappa shape index (κ2) is 7.76. The van der Waals surface area contributed by atoms with Crippen molar-refractivity contribution in [2.75, 3.05) is 0 Å². The first-order valence-corrected chi connectivity index (χ1v) is 6.79. The van der Waals surface area contributed by atoms with Crippen molar-refractivity contribution in [3.8, 4) is 0 Å². The number of amides is 3. The van der Waals surface area contributed by atoms with Gasteiger partial charge in [-0.2, -0.15) is 0 Å². The highest BCUT2D eigenvalue weighted by Crippen LogP contribution is 2.23. The highest BCUT2D eigenvalue weighted by molar-refractivity contribution is 5.94. The zero-order chi connectivity index (χ0) is 14.3. The maximum atomic E-state index is 11.5. The molecule has 0 atom stereocenters. The Kier molecular flexibility index (Phi) is 6.32. The van der Waals surface area contributed by atoms with Crippen LogP contribution in [0.5, 0.6) is 0 Å². The average molecular weight is 270 g/mol. The Bertz CT molecular complexity index is 336. The molecule has 3 amide bonds. The summed E-state index contributed by atoms with van der Waals surface area (Å²) in [6.07, 6.45) is 4.32. The molecule has 0 aromatic carbocycles. The van der Waals surface area contributed by atoms with Gasteiger partial charge in [0.15, 0.2) is 0 Å². The number of imide groups is 1. The number of hydrogen-bond acceptors (Lipinski definition) is 3. The van der Waals surface area contributed by atoms with Gasteiger partial charge in [0.2, 0.25) is 5.91 Å². The third-order valence-electron chi connectivity index (χ3n) is 3.40. The SMILES string of the molecule is CC1CCC(NC(=O)NC(=O)CCCC(=O)O)CC1. The molecule has 0 aliphatic heterocycles. The van der Waals surface area contributed by atoms with E-state index in [4.69, 9.17) is 5.11 Å². The van der Waals surface area contributed by atoms with E-state index >= 15 is 0 Å². The fourth-order valence-corrected chi connectivity index (χ4v) is 2.22. The summed E-state index contributed by atoms with van der Waals surface area (Å²) in [6, 6.07) is -0.331. The molecule has 0 radical (unpaired) electrons. The molecule has 108 valence electrons. The molecule has 1 fully saturated rings. The van der Waals surface area contributed by atoms with Crippen LogP contribution in [0, 0.1) is 5.92 Å². The molecular formula is C13H22N2O4. The molecule has 6 heteroatoms. The van der Waals surface area contributed by atoms with E-state index in [0.29, 0.717) is 5.92 Å². The van der Waals surface area contributed by atoms with E-state index in [1.54, 1.807) is 0 Å². The number of carbonyl (C=O) groups is 3. The first-order valence-electron chi connectivity index (χ1n) is 6.79. The molecular weight excluding hydrogens is 248 g/mol. The molecule has 19 heavy (non-hydrogen) atoms. The summed E-state index contributed by atoms with van der Waals surface area (Å²) < 4.78 is 0. The predicted molar refractivity (Wildman–Crippen MR) is 69.6 cm³/mol. The topological polar surface area (TPSA) is 95.5 Å². The van der Waals surface area contributed by atoms with Gasteiger partial charge in [0, 0.05) is 18.9 Å². The third-order valence-corrected chi connectivity index (χ3v) is 3.40. The Morgan fingerprint density at radius 3 is 2.32 bits per heavy atom. The molecule has 0 aromatic rings. The van der Waals surface area contributed by atoms with Crippen LogP contribution in [0.1, 0.15) is 51.9 Å². The second-order valence-corrected chi connectivity index (χ2v) is 5.23. The van der Waals surface area contributed by atoms with Crippen LogP contribution in [0.25, 0.3) is 0 Å². The van der Waals surface area contributed by atoms with Gasteiger partial charge in [0.25, 0.3) is 0 Å². The number of rotatable bonds is 5.